The van der Waals surface area contributed by atoms with Crippen molar-refractivity contribution >= 4 is 5.91 Å². The Labute approximate surface area is 85.1 Å². The third-order valence-electron chi connectivity index (χ3n) is 2.26. The van der Waals surface area contributed by atoms with Gasteiger partial charge in [-0.05, 0) is 31.7 Å². The molecule has 0 saturated carbocycles. The quantitative estimate of drug-likeness (QED) is 0.712. The van der Waals surface area contributed by atoms with Crippen LogP contribution in [0.15, 0.2) is 24.3 Å². The van der Waals surface area contributed by atoms with Crippen molar-refractivity contribution in [2.75, 3.05) is 0 Å². The lowest BCUT2D eigenvalue weighted by Crippen LogP contribution is -2.09. The average molecular weight is 191 g/mol. The van der Waals surface area contributed by atoms with E-state index in [0.29, 0.717) is 6.42 Å². The zero-order chi connectivity index (χ0) is 10.4. The van der Waals surface area contributed by atoms with Crippen molar-refractivity contribution < 1.29 is 4.79 Å². The minimum atomic E-state index is -0.200. The predicted octanol–water partition coefficient (Wildman–Crippen LogP) is 2.19. The fourth-order valence-electron chi connectivity index (χ4n) is 1.38. The molecule has 2 nitrogen and oxygen atoms in total. The van der Waals surface area contributed by atoms with Crippen molar-refractivity contribution in [3.8, 4) is 0 Å². The highest BCUT2D eigenvalue weighted by atomic mass is 16.1. The lowest BCUT2D eigenvalue weighted by molar-refractivity contribution is -0.118. The third-order valence-corrected chi connectivity index (χ3v) is 2.26. The maximum Gasteiger partial charge on any atom is 0.217 e. The molecule has 2 N–H and O–H groups in total. The molecular formula is C12H17NO. The van der Waals surface area contributed by atoms with Gasteiger partial charge < -0.3 is 5.73 Å². The summed E-state index contributed by atoms with van der Waals surface area (Å²) in [6, 6.07) is 8.51. The SMILES string of the molecule is Cc1ccc(CCCCC(N)=O)cc1. The number of carbonyl (C=O) groups is 1. The van der Waals surface area contributed by atoms with Gasteiger partial charge in [0, 0.05) is 6.42 Å². The number of hydrogen-bond acceptors (Lipinski definition) is 1. The van der Waals surface area contributed by atoms with E-state index in [0.717, 1.165) is 19.3 Å². The van der Waals surface area contributed by atoms with Crippen LogP contribution in [-0.2, 0) is 11.2 Å². The lowest BCUT2D eigenvalue weighted by atomic mass is 10.1. The van der Waals surface area contributed by atoms with Gasteiger partial charge in [-0.3, -0.25) is 4.79 Å². The molecule has 1 aromatic rings. The second kappa shape index (κ2) is 5.43. The Hall–Kier alpha value is -1.31. The summed E-state index contributed by atoms with van der Waals surface area (Å²) in [6.45, 7) is 2.08. The van der Waals surface area contributed by atoms with E-state index in [-0.39, 0.29) is 5.91 Å². The third kappa shape index (κ3) is 4.08. The van der Waals surface area contributed by atoms with Gasteiger partial charge in [0.1, 0.15) is 0 Å². The maximum atomic E-state index is 10.5. The first-order valence-electron chi connectivity index (χ1n) is 5.02. The number of unbranched alkanes of at least 4 members (excludes halogenated alkanes) is 1. The Morgan fingerprint density at radius 3 is 2.43 bits per heavy atom. The van der Waals surface area contributed by atoms with Gasteiger partial charge in [0.15, 0.2) is 0 Å². The van der Waals surface area contributed by atoms with E-state index in [1.807, 2.05) is 0 Å². The molecule has 76 valence electrons. The topological polar surface area (TPSA) is 43.1 Å². The van der Waals surface area contributed by atoms with Gasteiger partial charge in [-0.1, -0.05) is 29.8 Å². The van der Waals surface area contributed by atoms with Crippen molar-refractivity contribution in [3.05, 3.63) is 35.4 Å². The van der Waals surface area contributed by atoms with Crippen LogP contribution >= 0.6 is 0 Å². The summed E-state index contributed by atoms with van der Waals surface area (Å²) in [5.41, 5.74) is 7.67. The molecular weight excluding hydrogens is 174 g/mol. The molecule has 0 aliphatic carbocycles. The molecule has 0 radical (unpaired) electrons. The van der Waals surface area contributed by atoms with E-state index in [1.54, 1.807) is 0 Å². The standard InChI is InChI=1S/C12H17NO/c1-10-6-8-11(9-7-10)4-2-3-5-12(13)14/h6-9H,2-5H2,1H3,(H2,13,14). The number of hydrogen-bond donors (Lipinski definition) is 1. The molecule has 1 amide bonds. The fourth-order valence-corrected chi connectivity index (χ4v) is 1.38. The van der Waals surface area contributed by atoms with E-state index in [1.165, 1.54) is 11.1 Å². The van der Waals surface area contributed by atoms with Crippen LogP contribution in [0, 0.1) is 6.92 Å². The molecule has 2 heteroatoms. The van der Waals surface area contributed by atoms with Crippen LogP contribution in [0.1, 0.15) is 30.4 Å². The molecule has 0 saturated heterocycles. The molecule has 0 aliphatic rings. The molecule has 1 aromatic carbocycles. The van der Waals surface area contributed by atoms with E-state index in [9.17, 15) is 4.79 Å². The van der Waals surface area contributed by atoms with Crippen molar-refractivity contribution in [3.63, 3.8) is 0 Å². The summed E-state index contributed by atoms with van der Waals surface area (Å²) < 4.78 is 0. The summed E-state index contributed by atoms with van der Waals surface area (Å²) >= 11 is 0. The molecule has 0 aliphatic heterocycles. The van der Waals surface area contributed by atoms with Gasteiger partial charge >= 0.3 is 0 Å². The summed E-state index contributed by atoms with van der Waals surface area (Å²) in [4.78, 5) is 10.5. The highest BCUT2D eigenvalue weighted by Gasteiger charge is 1.96. The van der Waals surface area contributed by atoms with Crippen LogP contribution in [0.2, 0.25) is 0 Å². The molecule has 0 aromatic heterocycles. The Kier molecular flexibility index (Phi) is 4.17. The van der Waals surface area contributed by atoms with E-state index in [4.69, 9.17) is 5.73 Å². The predicted molar refractivity (Wildman–Crippen MR) is 57.9 cm³/mol. The molecule has 0 atom stereocenters. The first-order chi connectivity index (χ1) is 6.68. The number of benzene rings is 1. The van der Waals surface area contributed by atoms with Crippen LogP contribution < -0.4 is 5.73 Å². The Bertz CT molecular complexity index is 290. The van der Waals surface area contributed by atoms with Crippen LogP contribution in [0.3, 0.4) is 0 Å². The molecule has 0 bridgehead atoms. The summed E-state index contributed by atoms with van der Waals surface area (Å²) in [7, 11) is 0. The van der Waals surface area contributed by atoms with Crippen molar-refractivity contribution in [1.82, 2.24) is 0 Å². The monoisotopic (exact) mass is 191 g/mol. The van der Waals surface area contributed by atoms with Crippen molar-refractivity contribution in [1.29, 1.82) is 0 Å². The minimum absolute atomic E-state index is 0.200. The number of nitrogens with two attached hydrogens (primary N) is 1. The van der Waals surface area contributed by atoms with Gasteiger partial charge in [-0.25, -0.2) is 0 Å². The number of carbonyl (C=O) groups excluding carboxylic acids is 1. The molecule has 0 unspecified atom stereocenters. The Morgan fingerprint density at radius 2 is 1.86 bits per heavy atom. The van der Waals surface area contributed by atoms with E-state index >= 15 is 0 Å². The van der Waals surface area contributed by atoms with Crippen LogP contribution in [-0.4, -0.2) is 5.91 Å². The largest absolute Gasteiger partial charge is 0.370 e. The highest BCUT2D eigenvalue weighted by Crippen LogP contribution is 2.07. The second-order valence-electron chi connectivity index (χ2n) is 3.66. The first kappa shape index (κ1) is 10.8. The van der Waals surface area contributed by atoms with E-state index < -0.39 is 0 Å². The lowest BCUT2D eigenvalue weighted by Gasteiger charge is -2.00. The zero-order valence-electron chi connectivity index (χ0n) is 8.62. The average Bonchev–Trinajstić information content (AvgIpc) is 2.15. The van der Waals surface area contributed by atoms with E-state index in [2.05, 4.69) is 31.2 Å². The molecule has 0 spiro atoms. The van der Waals surface area contributed by atoms with Gasteiger partial charge in [-0.2, -0.15) is 0 Å². The number of aryl methyl sites for hydroxylation is 2. The normalized spacial score (nSPS) is 10.1. The molecule has 0 fully saturated rings. The van der Waals surface area contributed by atoms with Gasteiger partial charge in [0.25, 0.3) is 0 Å². The molecule has 0 heterocycles. The first-order valence-corrected chi connectivity index (χ1v) is 5.02. The summed E-state index contributed by atoms with van der Waals surface area (Å²) in [5, 5.41) is 0. The highest BCUT2D eigenvalue weighted by molar-refractivity contribution is 5.73. The van der Waals surface area contributed by atoms with Crippen LogP contribution in [0.5, 0.6) is 0 Å². The minimum Gasteiger partial charge on any atom is -0.370 e. The fraction of sp³-hybridized carbons (Fsp3) is 0.417. The maximum absolute atomic E-state index is 10.5. The Balaban J connectivity index is 2.25. The molecule has 14 heavy (non-hydrogen) atoms. The number of rotatable bonds is 5. The number of primary amides is 1. The number of amides is 1. The zero-order valence-corrected chi connectivity index (χ0v) is 8.62. The van der Waals surface area contributed by atoms with Gasteiger partial charge in [0.05, 0.1) is 0 Å². The van der Waals surface area contributed by atoms with Crippen molar-refractivity contribution in [2.45, 2.75) is 32.6 Å². The van der Waals surface area contributed by atoms with Crippen LogP contribution in [0.4, 0.5) is 0 Å². The summed E-state index contributed by atoms with van der Waals surface area (Å²) in [5.74, 6) is -0.200. The summed E-state index contributed by atoms with van der Waals surface area (Å²) in [6.07, 6.45) is 3.47. The molecule has 1 rings (SSSR count). The van der Waals surface area contributed by atoms with Crippen molar-refractivity contribution in [2.24, 2.45) is 5.73 Å². The van der Waals surface area contributed by atoms with Gasteiger partial charge in [-0.15, -0.1) is 0 Å². The second-order valence-corrected chi connectivity index (χ2v) is 3.66. The smallest absolute Gasteiger partial charge is 0.217 e. The Morgan fingerprint density at radius 1 is 1.21 bits per heavy atom. The van der Waals surface area contributed by atoms with Gasteiger partial charge in [0.2, 0.25) is 5.91 Å². The van der Waals surface area contributed by atoms with Crippen LogP contribution in [0.25, 0.3) is 0 Å².